The van der Waals surface area contributed by atoms with Gasteiger partial charge in [0, 0.05) is 11.6 Å². The Kier molecular flexibility index (Phi) is 4.34. The second kappa shape index (κ2) is 5.54. The number of aliphatic carboxylic acids is 1. The molecule has 0 saturated heterocycles. The maximum atomic E-state index is 11.6. The molecular weight excluding hydrogens is 248 g/mol. The van der Waals surface area contributed by atoms with E-state index in [0.29, 0.717) is 11.5 Å². The number of Topliss-reactive ketones (excluding diaryl/α,β-unsaturated/α-hetero) is 1. The van der Waals surface area contributed by atoms with Gasteiger partial charge in [-0.05, 0) is 6.07 Å². The summed E-state index contributed by atoms with van der Waals surface area (Å²) in [6, 6.07) is 2.78. The van der Waals surface area contributed by atoms with E-state index in [1.165, 1.54) is 26.4 Å². The summed E-state index contributed by atoms with van der Waals surface area (Å²) >= 11 is 5.87. The van der Waals surface area contributed by atoms with E-state index in [0.717, 1.165) is 0 Å². The molecular formula is C11H11ClO5. The molecule has 5 nitrogen and oxygen atoms in total. The first kappa shape index (κ1) is 13.3. The lowest BCUT2D eigenvalue weighted by Crippen LogP contribution is -2.08. The summed E-state index contributed by atoms with van der Waals surface area (Å²) in [6.07, 6.45) is -0.616. The van der Waals surface area contributed by atoms with Crippen LogP contribution in [0.25, 0.3) is 0 Å². The van der Waals surface area contributed by atoms with Crippen LogP contribution >= 0.6 is 11.6 Å². The van der Waals surface area contributed by atoms with Crippen molar-refractivity contribution >= 4 is 23.4 Å². The fourth-order valence-corrected chi connectivity index (χ4v) is 1.56. The summed E-state index contributed by atoms with van der Waals surface area (Å²) in [6.45, 7) is 0. The minimum atomic E-state index is -1.21. The van der Waals surface area contributed by atoms with Gasteiger partial charge >= 0.3 is 5.97 Å². The van der Waals surface area contributed by atoms with E-state index in [1.54, 1.807) is 0 Å². The van der Waals surface area contributed by atoms with Crippen LogP contribution in [-0.2, 0) is 4.79 Å². The molecule has 0 aliphatic heterocycles. The quantitative estimate of drug-likeness (QED) is 0.646. The number of carboxylic acid groups (broad SMARTS) is 1. The summed E-state index contributed by atoms with van der Waals surface area (Å²) in [4.78, 5) is 22.0. The Balaban J connectivity index is 3.16. The van der Waals surface area contributed by atoms with E-state index in [4.69, 9.17) is 26.2 Å². The van der Waals surface area contributed by atoms with Crippen molar-refractivity contribution in [3.8, 4) is 11.5 Å². The number of hydrogen-bond donors (Lipinski definition) is 1. The first-order valence-corrected chi connectivity index (χ1v) is 5.04. The molecule has 0 bridgehead atoms. The van der Waals surface area contributed by atoms with Crippen LogP contribution in [0.1, 0.15) is 16.8 Å². The van der Waals surface area contributed by atoms with E-state index in [1.807, 2.05) is 0 Å². The van der Waals surface area contributed by atoms with Gasteiger partial charge in [-0.3, -0.25) is 9.59 Å². The molecule has 0 spiro atoms. The SMILES string of the molecule is COc1cc(Cl)c(C(=O)CC(=O)O)cc1OC. The van der Waals surface area contributed by atoms with E-state index in [-0.39, 0.29) is 10.6 Å². The zero-order valence-electron chi connectivity index (χ0n) is 9.32. The van der Waals surface area contributed by atoms with E-state index in [9.17, 15) is 9.59 Å². The second-order valence-corrected chi connectivity index (χ2v) is 3.59. The molecule has 0 amide bonds. The minimum absolute atomic E-state index is 0.103. The molecule has 0 aliphatic carbocycles. The van der Waals surface area contributed by atoms with Crippen LogP contribution in [0.3, 0.4) is 0 Å². The smallest absolute Gasteiger partial charge is 0.311 e. The molecule has 0 aromatic heterocycles. The Morgan fingerprint density at radius 2 is 1.76 bits per heavy atom. The number of ether oxygens (including phenoxy) is 2. The summed E-state index contributed by atoms with van der Waals surface area (Å²) in [5.74, 6) is -1.08. The van der Waals surface area contributed by atoms with Crippen LogP contribution in [-0.4, -0.2) is 31.1 Å². The van der Waals surface area contributed by atoms with E-state index in [2.05, 4.69) is 0 Å². The third kappa shape index (κ3) is 3.10. The lowest BCUT2D eigenvalue weighted by atomic mass is 10.1. The van der Waals surface area contributed by atoms with Gasteiger partial charge in [0.2, 0.25) is 0 Å². The molecule has 0 fully saturated rings. The number of hydrogen-bond acceptors (Lipinski definition) is 4. The summed E-state index contributed by atoms with van der Waals surface area (Å²) in [5.41, 5.74) is 0.103. The third-order valence-electron chi connectivity index (χ3n) is 2.09. The van der Waals surface area contributed by atoms with Gasteiger partial charge < -0.3 is 14.6 Å². The predicted octanol–water partition coefficient (Wildman–Crippen LogP) is 2.01. The Morgan fingerprint density at radius 1 is 1.24 bits per heavy atom. The molecule has 1 aromatic rings. The number of halogens is 1. The molecule has 17 heavy (non-hydrogen) atoms. The molecule has 1 rings (SSSR count). The highest BCUT2D eigenvalue weighted by Gasteiger charge is 2.17. The van der Waals surface area contributed by atoms with Crippen LogP contribution in [0.4, 0.5) is 0 Å². The lowest BCUT2D eigenvalue weighted by Gasteiger charge is -2.10. The average molecular weight is 259 g/mol. The minimum Gasteiger partial charge on any atom is -0.493 e. The van der Waals surface area contributed by atoms with Crippen molar-refractivity contribution in [1.29, 1.82) is 0 Å². The molecule has 6 heteroatoms. The fraction of sp³-hybridized carbons (Fsp3) is 0.273. The van der Waals surface area contributed by atoms with Gasteiger partial charge in [-0.1, -0.05) is 11.6 Å². The van der Waals surface area contributed by atoms with Crippen LogP contribution in [0.2, 0.25) is 5.02 Å². The number of ketones is 1. The fourth-order valence-electron chi connectivity index (χ4n) is 1.30. The number of carbonyl (C=O) groups is 2. The number of carbonyl (C=O) groups excluding carboxylic acids is 1. The molecule has 0 heterocycles. The number of methoxy groups -OCH3 is 2. The van der Waals surface area contributed by atoms with Crippen LogP contribution < -0.4 is 9.47 Å². The summed E-state index contributed by atoms with van der Waals surface area (Å²) < 4.78 is 10.00. The second-order valence-electron chi connectivity index (χ2n) is 3.18. The lowest BCUT2D eigenvalue weighted by molar-refractivity contribution is -0.135. The number of carboxylic acids is 1. The van der Waals surface area contributed by atoms with Crippen LogP contribution in [0.5, 0.6) is 11.5 Å². The Bertz CT molecular complexity index is 455. The Labute approximate surface area is 103 Å². The Hall–Kier alpha value is -1.75. The first-order chi connectivity index (χ1) is 7.99. The van der Waals surface area contributed by atoms with Gasteiger partial charge in [-0.15, -0.1) is 0 Å². The van der Waals surface area contributed by atoms with Gasteiger partial charge in [0.15, 0.2) is 17.3 Å². The molecule has 0 atom stereocenters. The van der Waals surface area contributed by atoms with E-state index < -0.39 is 18.2 Å². The molecule has 0 radical (unpaired) electrons. The number of benzene rings is 1. The largest absolute Gasteiger partial charge is 0.493 e. The van der Waals surface area contributed by atoms with E-state index >= 15 is 0 Å². The van der Waals surface area contributed by atoms with Gasteiger partial charge in [-0.25, -0.2) is 0 Å². The first-order valence-electron chi connectivity index (χ1n) is 4.66. The zero-order valence-corrected chi connectivity index (χ0v) is 10.1. The van der Waals surface area contributed by atoms with Crippen molar-refractivity contribution in [2.45, 2.75) is 6.42 Å². The molecule has 92 valence electrons. The van der Waals surface area contributed by atoms with Gasteiger partial charge in [0.05, 0.1) is 19.2 Å². The van der Waals surface area contributed by atoms with Crippen molar-refractivity contribution in [1.82, 2.24) is 0 Å². The van der Waals surface area contributed by atoms with Crippen molar-refractivity contribution < 1.29 is 24.2 Å². The van der Waals surface area contributed by atoms with Crippen LogP contribution in [0.15, 0.2) is 12.1 Å². The molecule has 0 unspecified atom stereocenters. The monoisotopic (exact) mass is 258 g/mol. The van der Waals surface area contributed by atoms with Crippen molar-refractivity contribution in [2.24, 2.45) is 0 Å². The number of rotatable bonds is 5. The zero-order chi connectivity index (χ0) is 13.0. The third-order valence-corrected chi connectivity index (χ3v) is 2.40. The normalized spacial score (nSPS) is 9.82. The van der Waals surface area contributed by atoms with Crippen molar-refractivity contribution in [3.63, 3.8) is 0 Å². The highest BCUT2D eigenvalue weighted by atomic mass is 35.5. The standard InChI is InChI=1S/C11H11ClO5/c1-16-9-3-6(8(13)5-11(14)15)7(12)4-10(9)17-2/h3-4H,5H2,1-2H3,(H,14,15). The van der Waals surface area contributed by atoms with Gasteiger partial charge in [0.25, 0.3) is 0 Å². The topological polar surface area (TPSA) is 72.8 Å². The van der Waals surface area contributed by atoms with Crippen molar-refractivity contribution in [2.75, 3.05) is 14.2 Å². The maximum absolute atomic E-state index is 11.6. The Morgan fingerprint density at radius 3 is 2.24 bits per heavy atom. The van der Waals surface area contributed by atoms with Gasteiger partial charge in [0.1, 0.15) is 6.42 Å². The average Bonchev–Trinajstić information content (AvgIpc) is 2.27. The highest BCUT2D eigenvalue weighted by molar-refractivity contribution is 6.34. The van der Waals surface area contributed by atoms with Crippen LogP contribution in [0, 0.1) is 0 Å². The highest BCUT2D eigenvalue weighted by Crippen LogP contribution is 2.33. The predicted molar refractivity (Wildman–Crippen MR) is 61.1 cm³/mol. The van der Waals surface area contributed by atoms with Crippen molar-refractivity contribution in [3.05, 3.63) is 22.7 Å². The maximum Gasteiger partial charge on any atom is 0.311 e. The molecule has 0 aliphatic rings. The molecule has 1 N–H and O–H groups in total. The molecule has 0 saturated carbocycles. The summed E-state index contributed by atoms with van der Waals surface area (Å²) in [5, 5.41) is 8.68. The summed E-state index contributed by atoms with van der Waals surface area (Å²) in [7, 11) is 2.85. The molecule has 1 aromatic carbocycles. The van der Waals surface area contributed by atoms with Gasteiger partial charge in [-0.2, -0.15) is 0 Å².